The Balaban J connectivity index is 1.98. The summed E-state index contributed by atoms with van der Waals surface area (Å²) in [6.07, 6.45) is 2.76. The summed E-state index contributed by atoms with van der Waals surface area (Å²) in [5.41, 5.74) is 2.15. The SMILES string of the molecule is CCCC(Nc1ccc(N2CCCOCC2)cc1)C(=O)OCC. The third kappa shape index (κ3) is 5.43. The second kappa shape index (κ2) is 9.40. The molecule has 0 bridgehead atoms. The highest BCUT2D eigenvalue weighted by atomic mass is 16.5. The number of anilines is 2. The molecule has 1 fully saturated rings. The van der Waals surface area contributed by atoms with Crippen molar-refractivity contribution >= 4 is 17.3 Å². The van der Waals surface area contributed by atoms with Crippen molar-refractivity contribution in [3.63, 3.8) is 0 Å². The van der Waals surface area contributed by atoms with Gasteiger partial charge in [0.15, 0.2) is 0 Å². The number of rotatable bonds is 7. The molecule has 0 spiro atoms. The van der Waals surface area contributed by atoms with Crippen LogP contribution in [0.2, 0.25) is 0 Å². The summed E-state index contributed by atoms with van der Waals surface area (Å²) in [4.78, 5) is 14.3. The Labute approximate surface area is 139 Å². The molecule has 1 aliphatic heterocycles. The van der Waals surface area contributed by atoms with Crippen LogP contribution in [0, 0.1) is 0 Å². The van der Waals surface area contributed by atoms with Gasteiger partial charge in [-0.2, -0.15) is 0 Å². The summed E-state index contributed by atoms with van der Waals surface area (Å²) in [7, 11) is 0. The molecule has 1 N–H and O–H groups in total. The third-order valence-electron chi connectivity index (χ3n) is 3.94. The van der Waals surface area contributed by atoms with Crippen LogP contribution in [0.5, 0.6) is 0 Å². The fourth-order valence-corrected chi connectivity index (χ4v) is 2.75. The van der Waals surface area contributed by atoms with Crippen molar-refractivity contribution in [2.75, 3.05) is 43.1 Å². The molecule has 0 aromatic heterocycles. The lowest BCUT2D eigenvalue weighted by Gasteiger charge is -2.23. The predicted molar refractivity (Wildman–Crippen MR) is 93.0 cm³/mol. The number of nitrogens with zero attached hydrogens (tertiary/aromatic N) is 1. The van der Waals surface area contributed by atoms with Gasteiger partial charge in [-0.25, -0.2) is 4.79 Å². The molecule has 0 aliphatic carbocycles. The standard InChI is InChI=1S/C18H28N2O3/c1-3-6-17(18(21)23-4-2)19-15-7-9-16(10-8-15)20-11-5-13-22-14-12-20/h7-10,17,19H,3-6,11-14H2,1-2H3. The van der Waals surface area contributed by atoms with Gasteiger partial charge in [-0.1, -0.05) is 13.3 Å². The molecule has 1 unspecified atom stereocenters. The van der Waals surface area contributed by atoms with Gasteiger partial charge in [-0.3, -0.25) is 0 Å². The Bertz CT molecular complexity index is 468. The molecule has 5 heteroatoms. The van der Waals surface area contributed by atoms with Crippen LogP contribution >= 0.6 is 0 Å². The first kappa shape index (κ1) is 17.6. The Kier molecular flexibility index (Phi) is 7.20. The van der Waals surface area contributed by atoms with Gasteiger partial charge in [0.25, 0.3) is 0 Å². The zero-order valence-electron chi connectivity index (χ0n) is 14.2. The van der Waals surface area contributed by atoms with E-state index in [0.29, 0.717) is 6.61 Å². The van der Waals surface area contributed by atoms with E-state index in [-0.39, 0.29) is 12.0 Å². The molecule has 1 atom stereocenters. The second-order valence-electron chi connectivity index (χ2n) is 5.74. The molecular weight excluding hydrogens is 292 g/mol. The highest BCUT2D eigenvalue weighted by molar-refractivity contribution is 5.79. The number of nitrogens with one attached hydrogen (secondary N) is 1. The van der Waals surface area contributed by atoms with E-state index in [4.69, 9.17) is 9.47 Å². The Morgan fingerprint density at radius 2 is 2.04 bits per heavy atom. The fourth-order valence-electron chi connectivity index (χ4n) is 2.75. The van der Waals surface area contributed by atoms with Gasteiger partial charge in [-0.15, -0.1) is 0 Å². The quantitative estimate of drug-likeness (QED) is 0.783. The normalized spacial score (nSPS) is 16.5. The van der Waals surface area contributed by atoms with E-state index in [2.05, 4.69) is 29.3 Å². The first-order valence-corrected chi connectivity index (χ1v) is 8.60. The van der Waals surface area contributed by atoms with Crippen molar-refractivity contribution < 1.29 is 14.3 Å². The molecule has 1 aromatic rings. The number of hydrogen-bond donors (Lipinski definition) is 1. The molecule has 0 amide bonds. The van der Waals surface area contributed by atoms with E-state index in [9.17, 15) is 4.79 Å². The molecule has 128 valence electrons. The lowest BCUT2D eigenvalue weighted by atomic mass is 10.1. The monoisotopic (exact) mass is 320 g/mol. The second-order valence-corrected chi connectivity index (χ2v) is 5.74. The van der Waals surface area contributed by atoms with Gasteiger partial charge in [0, 0.05) is 31.1 Å². The van der Waals surface area contributed by atoms with Crippen molar-refractivity contribution in [1.82, 2.24) is 0 Å². The van der Waals surface area contributed by atoms with Crippen LogP contribution in [0.15, 0.2) is 24.3 Å². The number of esters is 1. The van der Waals surface area contributed by atoms with Crippen molar-refractivity contribution in [3.8, 4) is 0 Å². The number of hydrogen-bond acceptors (Lipinski definition) is 5. The molecule has 0 radical (unpaired) electrons. The van der Waals surface area contributed by atoms with Crippen molar-refractivity contribution in [3.05, 3.63) is 24.3 Å². The van der Waals surface area contributed by atoms with E-state index < -0.39 is 0 Å². The predicted octanol–water partition coefficient (Wildman–Crippen LogP) is 3.06. The number of benzene rings is 1. The third-order valence-corrected chi connectivity index (χ3v) is 3.94. The van der Waals surface area contributed by atoms with Crippen LogP contribution in [0.4, 0.5) is 11.4 Å². The van der Waals surface area contributed by atoms with Crippen molar-refractivity contribution in [1.29, 1.82) is 0 Å². The molecule has 1 heterocycles. The first-order chi connectivity index (χ1) is 11.2. The molecule has 1 aromatic carbocycles. The molecule has 1 saturated heterocycles. The number of carbonyl (C=O) groups excluding carboxylic acids is 1. The molecule has 23 heavy (non-hydrogen) atoms. The average molecular weight is 320 g/mol. The van der Waals surface area contributed by atoms with E-state index in [0.717, 1.165) is 51.3 Å². The van der Waals surface area contributed by atoms with E-state index >= 15 is 0 Å². The molecule has 2 rings (SSSR count). The fraction of sp³-hybridized carbons (Fsp3) is 0.611. The minimum atomic E-state index is -0.280. The van der Waals surface area contributed by atoms with E-state index in [1.54, 1.807) is 0 Å². The maximum absolute atomic E-state index is 12.0. The topological polar surface area (TPSA) is 50.8 Å². The maximum Gasteiger partial charge on any atom is 0.328 e. The summed E-state index contributed by atoms with van der Waals surface area (Å²) in [6, 6.07) is 7.98. The van der Waals surface area contributed by atoms with Crippen LogP contribution in [0.25, 0.3) is 0 Å². The summed E-state index contributed by atoms with van der Waals surface area (Å²) in [6.45, 7) is 7.88. The average Bonchev–Trinajstić information content (AvgIpc) is 2.85. The zero-order valence-corrected chi connectivity index (χ0v) is 14.2. The Morgan fingerprint density at radius 3 is 2.74 bits per heavy atom. The van der Waals surface area contributed by atoms with Gasteiger partial charge < -0.3 is 19.7 Å². The first-order valence-electron chi connectivity index (χ1n) is 8.60. The summed E-state index contributed by atoms with van der Waals surface area (Å²) in [5.74, 6) is -0.178. The van der Waals surface area contributed by atoms with Crippen LogP contribution < -0.4 is 10.2 Å². The molecule has 0 saturated carbocycles. The van der Waals surface area contributed by atoms with E-state index in [1.165, 1.54) is 5.69 Å². The van der Waals surface area contributed by atoms with Gasteiger partial charge in [0.2, 0.25) is 0 Å². The largest absolute Gasteiger partial charge is 0.464 e. The van der Waals surface area contributed by atoms with Crippen molar-refractivity contribution in [2.24, 2.45) is 0 Å². The Morgan fingerprint density at radius 1 is 1.26 bits per heavy atom. The smallest absolute Gasteiger partial charge is 0.328 e. The minimum Gasteiger partial charge on any atom is -0.464 e. The van der Waals surface area contributed by atoms with Crippen LogP contribution in [0.1, 0.15) is 33.1 Å². The molecule has 5 nitrogen and oxygen atoms in total. The zero-order chi connectivity index (χ0) is 16.5. The lowest BCUT2D eigenvalue weighted by molar-refractivity contribution is -0.144. The summed E-state index contributed by atoms with van der Waals surface area (Å²) < 4.78 is 10.6. The lowest BCUT2D eigenvalue weighted by Crippen LogP contribution is -2.31. The Hall–Kier alpha value is -1.75. The minimum absolute atomic E-state index is 0.178. The van der Waals surface area contributed by atoms with Crippen LogP contribution in [0.3, 0.4) is 0 Å². The van der Waals surface area contributed by atoms with Gasteiger partial charge >= 0.3 is 5.97 Å². The highest BCUT2D eigenvalue weighted by Crippen LogP contribution is 2.20. The highest BCUT2D eigenvalue weighted by Gasteiger charge is 2.18. The number of carbonyl (C=O) groups is 1. The summed E-state index contributed by atoms with van der Waals surface area (Å²) in [5, 5.41) is 3.29. The van der Waals surface area contributed by atoms with E-state index in [1.807, 2.05) is 19.1 Å². The summed E-state index contributed by atoms with van der Waals surface area (Å²) >= 11 is 0. The van der Waals surface area contributed by atoms with Gasteiger partial charge in [0.1, 0.15) is 6.04 Å². The van der Waals surface area contributed by atoms with Gasteiger partial charge in [0.05, 0.1) is 13.2 Å². The molecular formula is C18H28N2O3. The maximum atomic E-state index is 12.0. The van der Waals surface area contributed by atoms with Crippen molar-refractivity contribution in [2.45, 2.75) is 39.2 Å². The van der Waals surface area contributed by atoms with Gasteiger partial charge in [-0.05, 0) is 44.0 Å². The van der Waals surface area contributed by atoms with Crippen LogP contribution in [-0.2, 0) is 14.3 Å². The molecule has 1 aliphatic rings. The van der Waals surface area contributed by atoms with Crippen LogP contribution in [-0.4, -0.2) is 44.9 Å². The number of ether oxygens (including phenoxy) is 2.